The van der Waals surface area contributed by atoms with Gasteiger partial charge < -0.3 is 15.8 Å². The molecule has 0 spiro atoms. The fraction of sp³-hybridized carbons (Fsp3) is 0.917. The van der Waals surface area contributed by atoms with E-state index >= 15 is 0 Å². The molecule has 0 aromatic rings. The predicted octanol–water partition coefficient (Wildman–Crippen LogP) is 0.655. The van der Waals surface area contributed by atoms with E-state index < -0.39 is 0 Å². The van der Waals surface area contributed by atoms with E-state index in [0.717, 1.165) is 0 Å². The van der Waals surface area contributed by atoms with Crippen molar-refractivity contribution >= 4 is 5.91 Å². The van der Waals surface area contributed by atoms with Gasteiger partial charge in [-0.1, -0.05) is 12.8 Å². The summed E-state index contributed by atoms with van der Waals surface area (Å²) >= 11 is 0. The van der Waals surface area contributed by atoms with Crippen LogP contribution in [0.5, 0.6) is 0 Å². The molecule has 3 N–H and O–H groups in total. The maximum atomic E-state index is 12.0. The smallest absolute Gasteiger partial charge is 0.227 e. The number of hydrogen-bond acceptors (Lipinski definition) is 3. The van der Waals surface area contributed by atoms with Crippen LogP contribution in [0.25, 0.3) is 0 Å². The lowest BCUT2D eigenvalue weighted by molar-refractivity contribution is -0.126. The summed E-state index contributed by atoms with van der Waals surface area (Å²) in [5, 5.41) is 3.10. The van der Waals surface area contributed by atoms with Crippen molar-refractivity contribution in [1.29, 1.82) is 0 Å². The van der Waals surface area contributed by atoms with Crippen LogP contribution < -0.4 is 11.1 Å². The average Bonchev–Trinajstić information content (AvgIpc) is 2.86. The second-order valence-electron chi connectivity index (χ2n) is 5.15. The van der Waals surface area contributed by atoms with E-state index in [0.29, 0.717) is 19.1 Å². The van der Waals surface area contributed by atoms with Gasteiger partial charge in [-0.3, -0.25) is 4.79 Å². The second-order valence-corrected chi connectivity index (χ2v) is 5.15. The first-order chi connectivity index (χ1) is 7.68. The standard InChI is InChI=1S/C12H22N2O2/c1-8(9-4-2-3-5-9)14-12(15)10-6-16-7-11(10)13/h8-11H,2-7,13H2,1H3,(H,14,15)/t8-,10?,11?/m0/s1. The maximum absolute atomic E-state index is 12.0. The topological polar surface area (TPSA) is 64.3 Å². The van der Waals surface area contributed by atoms with Gasteiger partial charge in [0.15, 0.2) is 0 Å². The van der Waals surface area contributed by atoms with Gasteiger partial charge in [-0.25, -0.2) is 0 Å². The third-order valence-electron chi connectivity index (χ3n) is 3.94. The van der Waals surface area contributed by atoms with Crippen LogP contribution >= 0.6 is 0 Å². The Hall–Kier alpha value is -0.610. The molecule has 0 aromatic carbocycles. The average molecular weight is 226 g/mol. The molecule has 92 valence electrons. The number of nitrogens with one attached hydrogen (secondary N) is 1. The molecule has 4 nitrogen and oxygen atoms in total. The van der Waals surface area contributed by atoms with E-state index in [4.69, 9.17) is 10.5 Å². The molecule has 2 fully saturated rings. The van der Waals surface area contributed by atoms with Gasteiger partial charge in [-0.2, -0.15) is 0 Å². The van der Waals surface area contributed by atoms with E-state index in [1.54, 1.807) is 0 Å². The molecule has 1 saturated heterocycles. The highest BCUT2D eigenvalue weighted by molar-refractivity contribution is 5.80. The lowest BCUT2D eigenvalue weighted by Crippen LogP contribution is -2.46. The normalized spacial score (nSPS) is 32.9. The van der Waals surface area contributed by atoms with Crippen molar-refractivity contribution in [2.75, 3.05) is 13.2 Å². The number of hydrogen-bond donors (Lipinski definition) is 2. The molecular formula is C12H22N2O2. The van der Waals surface area contributed by atoms with Gasteiger partial charge in [-0.15, -0.1) is 0 Å². The van der Waals surface area contributed by atoms with Gasteiger partial charge in [-0.05, 0) is 25.7 Å². The number of carbonyl (C=O) groups excluding carboxylic acids is 1. The SMILES string of the molecule is C[C@H](NC(=O)C1COCC1N)C1CCCC1. The minimum atomic E-state index is -0.149. The van der Waals surface area contributed by atoms with Crippen LogP contribution in [0.15, 0.2) is 0 Å². The van der Waals surface area contributed by atoms with Crippen molar-refractivity contribution in [1.82, 2.24) is 5.32 Å². The summed E-state index contributed by atoms with van der Waals surface area (Å²) in [5.74, 6) is 0.579. The summed E-state index contributed by atoms with van der Waals surface area (Å²) < 4.78 is 5.21. The van der Waals surface area contributed by atoms with E-state index in [1.165, 1.54) is 25.7 Å². The van der Waals surface area contributed by atoms with Crippen LogP contribution in [0.3, 0.4) is 0 Å². The Labute approximate surface area is 96.9 Å². The predicted molar refractivity (Wildman–Crippen MR) is 61.8 cm³/mol. The summed E-state index contributed by atoms with van der Waals surface area (Å²) in [6, 6.07) is 0.151. The zero-order valence-corrected chi connectivity index (χ0v) is 9.95. The Morgan fingerprint density at radius 2 is 2.06 bits per heavy atom. The van der Waals surface area contributed by atoms with Gasteiger partial charge in [0.1, 0.15) is 0 Å². The highest BCUT2D eigenvalue weighted by Gasteiger charge is 2.33. The summed E-state index contributed by atoms with van der Waals surface area (Å²) in [6.45, 7) is 3.09. The van der Waals surface area contributed by atoms with Crippen molar-refractivity contribution in [2.24, 2.45) is 17.6 Å². The number of nitrogens with two attached hydrogens (primary N) is 1. The monoisotopic (exact) mass is 226 g/mol. The number of rotatable bonds is 3. The van der Waals surface area contributed by atoms with Crippen LogP contribution in [0.1, 0.15) is 32.6 Å². The molecule has 3 atom stereocenters. The first-order valence-electron chi connectivity index (χ1n) is 6.32. The molecule has 1 aliphatic heterocycles. The molecule has 1 aliphatic carbocycles. The minimum absolute atomic E-state index is 0.0735. The molecule has 0 aromatic heterocycles. The van der Waals surface area contributed by atoms with Crippen LogP contribution in [0, 0.1) is 11.8 Å². The van der Waals surface area contributed by atoms with Crippen molar-refractivity contribution in [3.8, 4) is 0 Å². The highest BCUT2D eigenvalue weighted by atomic mass is 16.5. The first-order valence-corrected chi connectivity index (χ1v) is 6.32. The maximum Gasteiger partial charge on any atom is 0.227 e. The molecule has 2 rings (SSSR count). The molecule has 0 bridgehead atoms. The summed E-state index contributed by atoms with van der Waals surface area (Å²) in [7, 11) is 0. The van der Waals surface area contributed by atoms with Crippen LogP contribution in [-0.2, 0) is 9.53 Å². The lowest BCUT2D eigenvalue weighted by atomic mass is 9.97. The molecule has 1 heterocycles. The Balaban J connectivity index is 1.81. The Kier molecular flexibility index (Phi) is 3.82. The molecule has 0 radical (unpaired) electrons. The highest BCUT2D eigenvalue weighted by Crippen LogP contribution is 2.27. The largest absolute Gasteiger partial charge is 0.379 e. The van der Waals surface area contributed by atoms with E-state index in [2.05, 4.69) is 12.2 Å². The number of carbonyl (C=O) groups is 1. The van der Waals surface area contributed by atoms with E-state index in [-0.39, 0.29) is 23.9 Å². The van der Waals surface area contributed by atoms with Gasteiger partial charge >= 0.3 is 0 Å². The van der Waals surface area contributed by atoms with Gasteiger partial charge in [0.25, 0.3) is 0 Å². The summed E-state index contributed by atoms with van der Waals surface area (Å²) in [5.41, 5.74) is 5.82. The molecule has 2 aliphatic rings. The van der Waals surface area contributed by atoms with Crippen LogP contribution in [0.4, 0.5) is 0 Å². The van der Waals surface area contributed by atoms with Crippen molar-refractivity contribution < 1.29 is 9.53 Å². The molecular weight excluding hydrogens is 204 g/mol. The van der Waals surface area contributed by atoms with Crippen LogP contribution in [-0.4, -0.2) is 31.2 Å². The van der Waals surface area contributed by atoms with Crippen molar-refractivity contribution in [3.63, 3.8) is 0 Å². The quantitative estimate of drug-likeness (QED) is 0.743. The van der Waals surface area contributed by atoms with Crippen LogP contribution in [0.2, 0.25) is 0 Å². The first kappa shape index (κ1) is 11.9. The third kappa shape index (κ3) is 2.55. The molecule has 16 heavy (non-hydrogen) atoms. The van der Waals surface area contributed by atoms with E-state index in [1.807, 2.05) is 0 Å². The fourth-order valence-electron chi connectivity index (χ4n) is 2.75. The third-order valence-corrected chi connectivity index (χ3v) is 3.94. The Morgan fingerprint density at radius 3 is 2.62 bits per heavy atom. The second kappa shape index (κ2) is 5.15. The van der Waals surface area contributed by atoms with Gasteiger partial charge in [0, 0.05) is 12.1 Å². The molecule has 1 saturated carbocycles. The van der Waals surface area contributed by atoms with E-state index in [9.17, 15) is 4.79 Å². The zero-order chi connectivity index (χ0) is 11.5. The summed E-state index contributed by atoms with van der Waals surface area (Å²) in [4.78, 5) is 12.0. The zero-order valence-electron chi connectivity index (χ0n) is 9.95. The minimum Gasteiger partial charge on any atom is -0.379 e. The van der Waals surface area contributed by atoms with Gasteiger partial charge in [0.2, 0.25) is 5.91 Å². The Bertz CT molecular complexity index is 251. The lowest BCUT2D eigenvalue weighted by Gasteiger charge is -2.23. The van der Waals surface area contributed by atoms with Gasteiger partial charge in [0.05, 0.1) is 19.1 Å². The molecule has 4 heteroatoms. The van der Waals surface area contributed by atoms with Crippen molar-refractivity contribution in [3.05, 3.63) is 0 Å². The van der Waals surface area contributed by atoms with Crippen molar-refractivity contribution in [2.45, 2.75) is 44.7 Å². The fourth-order valence-corrected chi connectivity index (χ4v) is 2.75. The number of ether oxygens (including phenoxy) is 1. The molecule has 2 unspecified atom stereocenters. The number of amides is 1. The summed E-state index contributed by atoms with van der Waals surface area (Å²) in [6.07, 6.45) is 5.09. The Morgan fingerprint density at radius 1 is 1.38 bits per heavy atom. The molecule has 1 amide bonds.